The van der Waals surface area contributed by atoms with Crippen molar-refractivity contribution in [2.45, 2.75) is 25.3 Å². The highest BCUT2D eigenvalue weighted by Crippen LogP contribution is 2.32. The van der Waals surface area contributed by atoms with Crippen molar-refractivity contribution in [3.8, 4) is 0 Å². The average Bonchev–Trinajstić information content (AvgIpc) is 2.79. The third kappa shape index (κ3) is 1.27. The Morgan fingerprint density at radius 3 is 3.00 bits per heavy atom. The van der Waals surface area contributed by atoms with Crippen LogP contribution in [0.25, 0.3) is 0 Å². The minimum absolute atomic E-state index is 0.285. The summed E-state index contributed by atoms with van der Waals surface area (Å²) in [6.45, 7) is 0.463. The highest BCUT2D eigenvalue weighted by atomic mass is 16.4. The molecule has 0 unspecified atom stereocenters. The Morgan fingerprint density at radius 2 is 2.42 bits per heavy atom. The number of rotatable bonds is 3. The molecular formula is C7H11N3O2. The van der Waals surface area contributed by atoms with Gasteiger partial charge in [-0.05, 0) is 12.8 Å². The van der Waals surface area contributed by atoms with Crippen molar-refractivity contribution in [1.82, 2.24) is 9.78 Å². The third-order valence-corrected chi connectivity index (χ3v) is 1.86. The van der Waals surface area contributed by atoms with Crippen molar-refractivity contribution in [3.05, 3.63) is 16.4 Å². The average molecular weight is 169 g/mol. The van der Waals surface area contributed by atoms with Crippen molar-refractivity contribution in [3.63, 3.8) is 0 Å². The second kappa shape index (κ2) is 2.75. The van der Waals surface area contributed by atoms with Gasteiger partial charge in [-0.3, -0.25) is 0 Å². The minimum Gasteiger partial charge on any atom is -0.392 e. The van der Waals surface area contributed by atoms with Gasteiger partial charge in [-0.25, -0.2) is 4.79 Å². The van der Waals surface area contributed by atoms with E-state index in [9.17, 15) is 4.79 Å². The molecule has 0 amide bonds. The Labute approximate surface area is 69.2 Å². The largest absolute Gasteiger partial charge is 0.437 e. The maximum Gasteiger partial charge on any atom is 0.437 e. The van der Waals surface area contributed by atoms with Gasteiger partial charge in [0.2, 0.25) is 5.89 Å². The molecule has 5 nitrogen and oxygen atoms in total. The Bertz CT molecular complexity index is 324. The second-order valence-corrected chi connectivity index (χ2v) is 2.98. The van der Waals surface area contributed by atoms with Crippen LogP contribution in [0.5, 0.6) is 0 Å². The normalized spacial score (nSPS) is 16.8. The maximum absolute atomic E-state index is 11.1. The van der Waals surface area contributed by atoms with Crippen LogP contribution in [0, 0.1) is 0 Å². The van der Waals surface area contributed by atoms with E-state index in [1.165, 1.54) is 4.68 Å². The van der Waals surface area contributed by atoms with Crippen molar-refractivity contribution >= 4 is 0 Å². The van der Waals surface area contributed by atoms with E-state index in [1.807, 2.05) is 0 Å². The van der Waals surface area contributed by atoms with Crippen LogP contribution in [0.1, 0.15) is 24.8 Å². The number of nitrogens with two attached hydrogens (primary N) is 1. The van der Waals surface area contributed by atoms with E-state index in [4.69, 9.17) is 10.2 Å². The molecule has 12 heavy (non-hydrogen) atoms. The van der Waals surface area contributed by atoms with Gasteiger partial charge in [0.1, 0.15) is 0 Å². The summed E-state index contributed by atoms with van der Waals surface area (Å²) in [4.78, 5) is 11.1. The van der Waals surface area contributed by atoms with Crippen LogP contribution in [-0.2, 0) is 6.42 Å². The van der Waals surface area contributed by atoms with Gasteiger partial charge >= 0.3 is 5.76 Å². The summed E-state index contributed by atoms with van der Waals surface area (Å²) in [6, 6.07) is 0.285. The van der Waals surface area contributed by atoms with Gasteiger partial charge < -0.3 is 10.2 Å². The summed E-state index contributed by atoms with van der Waals surface area (Å²) < 4.78 is 6.29. The molecular weight excluding hydrogens is 158 g/mol. The molecule has 66 valence electrons. The standard InChI is InChI=1S/C7H11N3O2/c8-4-3-6-9-10(5-1-2-5)7(11)12-6/h5H,1-4,8H2. The molecule has 1 aliphatic rings. The Balaban J connectivity index is 2.24. The van der Waals surface area contributed by atoms with Gasteiger partial charge in [0.25, 0.3) is 0 Å². The minimum atomic E-state index is -0.346. The topological polar surface area (TPSA) is 74.0 Å². The highest BCUT2D eigenvalue weighted by molar-refractivity contribution is 4.84. The van der Waals surface area contributed by atoms with Crippen LogP contribution in [0.3, 0.4) is 0 Å². The van der Waals surface area contributed by atoms with Gasteiger partial charge in [-0.15, -0.1) is 5.10 Å². The lowest BCUT2D eigenvalue weighted by Gasteiger charge is -1.88. The summed E-state index contributed by atoms with van der Waals surface area (Å²) in [5.41, 5.74) is 5.30. The van der Waals surface area contributed by atoms with Gasteiger partial charge in [-0.1, -0.05) is 0 Å². The van der Waals surface area contributed by atoms with E-state index in [0.717, 1.165) is 12.8 Å². The van der Waals surface area contributed by atoms with Crippen molar-refractivity contribution in [2.24, 2.45) is 5.73 Å². The lowest BCUT2D eigenvalue weighted by atomic mass is 10.4. The smallest absolute Gasteiger partial charge is 0.392 e. The zero-order valence-corrected chi connectivity index (χ0v) is 6.69. The molecule has 2 N–H and O–H groups in total. The third-order valence-electron chi connectivity index (χ3n) is 1.86. The number of aromatic nitrogens is 2. The van der Waals surface area contributed by atoms with Gasteiger partial charge in [0.05, 0.1) is 6.04 Å². The van der Waals surface area contributed by atoms with E-state index in [2.05, 4.69) is 5.10 Å². The number of nitrogens with zero attached hydrogens (tertiary/aromatic N) is 2. The predicted molar refractivity (Wildman–Crippen MR) is 41.8 cm³/mol. The SMILES string of the molecule is NCCc1nn(C2CC2)c(=O)o1. The summed E-state index contributed by atoms with van der Waals surface area (Å²) in [6.07, 6.45) is 2.61. The molecule has 0 saturated heterocycles. The number of hydrogen-bond acceptors (Lipinski definition) is 4. The fraction of sp³-hybridized carbons (Fsp3) is 0.714. The first-order chi connectivity index (χ1) is 5.81. The van der Waals surface area contributed by atoms with Gasteiger partial charge in [0, 0.05) is 13.0 Å². The summed E-state index contributed by atoms with van der Waals surface area (Å²) in [7, 11) is 0. The summed E-state index contributed by atoms with van der Waals surface area (Å²) in [5.74, 6) is 0.107. The van der Waals surface area contributed by atoms with Gasteiger partial charge in [-0.2, -0.15) is 4.68 Å². The molecule has 1 heterocycles. The number of hydrogen-bond donors (Lipinski definition) is 1. The Hall–Kier alpha value is -1.10. The zero-order valence-electron chi connectivity index (χ0n) is 6.69. The molecule has 1 aromatic heterocycles. The first-order valence-electron chi connectivity index (χ1n) is 4.10. The van der Waals surface area contributed by atoms with Crippen LogP contribution in [0.2, 0.25) is 0 Å². The van der Waals surface area contributed by atoms with Crippen molar-refractivity contribution in [2.75, 3.05) is 6.54 Å². The summed E-state index contributed by atoms with van der Waals surface area (Å²) in [5, 5.41) is 4.02. The molecule has 2 rings (SSSR count). The Morgan fingerprint density at radius 1 is 1.67 bits per heavy atom. The molecule has 1 aliphatic carbocycles. The molecule has 1 fully saturated rings. The first kappa shape index (κ1) is 7.54. The lowest BCUT2D eigenvalue weighted by molar-refractivity contribution is 0.447. The summed E-state index contributed by atoms with van der Waals surface area (Å²) >= 11 is 0. The van der Waals surface area contributed by atoms with Gasteiger partial charge in [0.15, 0.2) is 0 Å². The van der Waals surface area contributed by atoms with E-state index >= 15 is 0 Å². The molecule has 0 spiro atoms. The molecule has 0 aliphatic heterocycles. The quantitative estimate of drug-likeness (QED) is 0.672. The van der Waals surface area contributed by atoms with Crippen LogP contribution < -0.4 is 11.5 Å². The monoisotopic (exact) mass is 169 g/mol. The van der Waals surface area contributed by atoms with Crippen LogP contribution in [0.15, 0.2) is 9.21 Å². The fourth-order valence-electron chi connectivity index (χ4n) is 1.10. The highest BCUT2D eigenvalue weighted by Gasteiger charge is 2.27. The van der Waals surface area contributed by atoms with E-state index in [1.54, 1.807) is 0 Å². The zero-order chi connectivity index (χ0) is 8.55. The predicted octanol–water partition coefficient (Wildman–Crippen LogP) is -0.328. The first-order valence-corrected chi connectivity index (χ1v) is 4.10. The van der Waals surface area contributed by atoms with E-state index in [-0.39, 0.29) is 11.8 Å². The lowest BCUT2D eigenvalue weighted by Crippen LogP contribution is -2.13. The van der Waals surface area contributed by atoms with Crippen LogP contribution >= 0.6 is 0 Å². The van der Waals surface area contributed by atoms with Crippen molar-refractivity contribution in [1.29, 1.82) is 0 Å². The van der Waals surface area contributed by atoms with E-state index in [0.29, 0.717) is 18.9 Å². The molecule has 1 saturated carbocycles. The van der Waals surface area contributed by atoms with Crippen LogP contribution in [-0.4, -0.2) is 16.3 Å². The second-order valence-electron chi connectivity index (χ2n) is 2.98. The molecule has 0 radical (unpaired) electrons. The van der Waals surface area contributed by atoms with Crippen LogP contribution in [0.4, 0.5) is 0 Å². The molecule has 1 aromatic rings. The van der Waals surface area contributed by atoms with E-state index < -0.39 is 0 Å². The molecule has 0 bridgehead atoms. The molecule has 0 atom stereocenters. The Kier molecular flexibility index (Phi) is 1.73. The molecule has 5 heteroatoms. The molecule has 0 aromatic carbocycles. The fourth-order valence-corrected chi connectivity index (χ4v) is 1.10. The van der Waals surface area contributed by atoms with Crippen molar-refractivity contribution < 1.29 is 4.42 Å². The maximum atomic E-state index is 11.1.